The zero-order valence-corrected chi connectivity index (χ0v) is 14.3. The van der Waals surface area contributed by atoms with Gasteiger partial charge in [0.05, 0.1) is 23.0 Å². The molecule has 6 heteroatoms. The molecule has 0 unspecified atom stereocenters. The van der Waals surface area contributed by atoms with E-state index < -0.39 is 5.60 Å². The van der Waals surface area contributed by atoms with Crippen LogP contribution in [0, 0.1) is 5.82 Å². The molecule has 1 saturated heterocycles. The van der Waals surface area contributed by atoms with Gasteiger partial charge in [-0.15, -0.1) is 0 Å². The van der Waals surface area contributed by atoms with E-state index in [0.717, 1.165) is 0 Å². The first-order chi connectivity index (χ1) is 12.5. The van der Waals surface area contributed by atoms with Crippen molar-refractivity contribution in [2.45, 2.75) is 25.0 Å². The molecule has 0 bridgehead atoms. The average Bonchev–Trinajstić information content (AvgIpc) is 2.64. The van der Waals surface area contributed by atoms with Crippen molar-refractivity contribution in [2.75, 3.05) is 13.1 Å². The lowest BCUT2D eigenvalue weighted by molar-refractivity contribution is -0.0284. The van der Waals surface area contributed by atoms with E-state index in [9.17, 15) is 14.3 Å². The Bertz CT molecular complexity index is 994. The van der Waals surface area contributed by atoms with Gasteiger partial charge in [0.1, 0.15) is 11.6 Å². The summed E-state index contributed by atoms with van der Waals surface area (Å²) in [4.78, 5) is 21.7. The number of para-hydroxylation sites is 1. The molecule has 134 valence electrons. The molecule has 1 aliphatic heterocycles. The van der Waals surface area contributed by atoms with E-state index >= 15 is 0 Å². The number of nitrogens with one attached hydrogen (secondary N) is 1. The maximum Gasteiger partial charge on any atom is 0.258 e. The maximum absolute atomic E-state index is 13.5. The Morgan fingerprint density at radius 3 is 2.69 bits per heavy atom. The second-order valence-corrected chi connectivity index (χ2v) is 6.85. The highest BCUT2D eigenvalue weighted by atomic mass is 19.1. The number of aromatic nitrogens is 2. The number of aliphatic hydroxyl groups is 1. The first kappa shape index (κ1) is 16.9. The van der Waals surface area contributed by atoms with Crippen LogP contribution in [0.5, 0.6) is 0 Å². The predicted octanol–water partition coefficient (Wildman–Crippen LogP) is 2.55. The Kier molecular flexibility index (Phi) is 4.30. The van der Waals surface area contributed by atoms with Crippen LogP contribution in [0.2, 0.25) is 0 Å². The number of fused-ring (bicyclic) bond motifs is 1. The number of piperidine rings is 1. The monoisotopic (exact) mass is 353 g/mol. The first-order valence-corrected chi connectivity index (χ1v) is 8.72. The first-order valence-electron chi connectivity index (χ1n) is 8.72. The molecule has 0 atom stereocenters. The van der Waals surface area contributed by atoms with Crippen LogP contribution in [0.1, 0.15) is 24.2 Å². The van der Waals surface area contributed by atoms with Crippen molar-refractivity contribution in [2.24, 2.45) is 0 Å². The number of halogens is 1. The van der Waals surface area contributed by atoms with E-state index in [2.05, 4.69) is 14.9 Å². The lowest BCUT2D eigenvalue weighted by atomic mass is 9.84. The molecule has 4 rings (SSSR count). The van der Waals surface area contributed by atoms with Gasteiger partial charge in [-0.05, 0) is 42.7 Å². The van der Waals surface area contributed by atoms with Crippen LogP contribution in [0.4, 0.5) is 4.39 Å². The number of nitrogens with zero attached hydrogens (tertiary/aromatic N) is 2. The van der Waals surface area contributed by atoms with Gasteiger partial charge >= 0.3 is 0 Å². The number of benzene rings is 2. The van der Waals surface area contributed by atoms with Crippen molar-refractivity contribution in [3.05, 3.63) is 76.1 Å². The van der Waals surface area contributed by atoms with Gasteiger partial charge in [0.2, 0.25) is 0 Å². The third-order valence-corrected chi connectivity index (χ3v) is 5.08. The van der Waals surface area contributed by atoms with E-state index in [4.69, 9.17) is 0 Å². The molecular formula is C20H20FN3O2. The van der Waals surface area contributed by atoms with Crippen molar-refractivity contribution in [1.82, 2.24) is 14.9 Å². The molecule has 2 N–H and O–H groups in total. The van der Waals surface area contributed by atoms with Crippen LogP contribution in [0.15, 0.2) is 53.3 Å². The van der Waals surface area contributed by atoms with E-state index in [-0.39, 0.29) is 11.4 Å². The molecule has 0 aliphatic carbocycles. The van der Waals surface area contributed by atoms with E-state index in [1.807, 2.05) is 18.2 Å². The zero-order chi connectivity index (χ0) is 18.1. The Hall–Kier alpha value is -2.57. The van der Waals surface area contributed by atoms with Crippen molar-refractivity contribution in [3.63, 3.8) is 0 Å². The average molecular weight is 353 g/mol. The number of aromatic amines is 1. The molecular weight excluding hydrogens is 333 g/mol. The SMILES string of the molecule is O=c1[nH]c(CN2CCC(O)(c3cccc(F)c3)CC2)nc2ccccc12. The smallest absolute Gasteiger partial charge is 0.258 e. The van der Waals surface area contributed by atoms with Crippen LogP contribution in [0.25, 0.3) is 10.9 Å². The summed E-state index contributed by atoms with van der Waals surface area (Å²) in [6.07, 6.45) is 1.02. The molecule has 0 spiro atoms. The van der Waals surface area contributed by atoms with Crippen molar-refractivity contribution in [3.8, 4) is 0 Å². The van der Waals surface area contributed by atoms with Gasteiger partial charge in [0, 0.05) is 13.1 Å². The van der Waals surface area contributed by atoms with Gasteiger partial charge < -0.3 is 10.1 Å². The van der Waals surface area contributed by atoms with Gasteiger partial charge in [-0.3, -0.25) is 9.69 Å². The lowest BCUT2D eigenvalue weighted by Gasteiger charge is -2.38. The number of likely N-dealkylation sites (tertiary alicyclic amines) is 1. The summed E-state index contributed by atoms with van der Waals surface area (Å²) < 4.78 is 13.5. The third kappa shape index (κ3) is 3.25. The molecule has 0 radical (unpaired) electrons. The molecule has 1 aliphatic rings. The molecule has 2 aromatic carbocycles. The molecule has 0 saturated carbocycles. The van der Waals surface area contributed by atoms with E-state index in [1.54, 1.807) is 18.2 Å². The molecule has 0 amide bonds. The Balaban J connectivity index is 1.48. The standard InChI is InChI=1S/C20H20FN3O2/c21-15-5-3-4-14(12-15)20(26)8-10-24(11-9-20)13-18-22-17-7-2-1-6-16(17)19(25)23-18/h1-7,12,26H,8-11,13H2,(H,22,23,25). The maximum atomic E-state index is 13.5. The van der Waals surface area contributed by atoms with Crippen LogP contribution in [0.3, 0.4) is 0 Å². The van der Waals surface area contributed by atoms with Crippen LogP contribution < -0.4 is 5.56 Å². The fraction of sp³-hybridized carbons (Fsp3) is 0.300. The quantitative estimate of drug-likeness (QED) is 0.759. The summed E-state index contributed by atoms with van der Waals surface area (Å²) in [5, 5.41) is 11.4. The van der Waals surface area contributed by atoms with Crippen LogP contribution in [-0.4, -0.2) is 33.1 Å². The van der Waals surface area contributed by atoms with Crippen molar-refractivity contribution < 1.29 is 9.50 Å². The molecule has 5 nitrogen and oxygen atoms in total. The zero-order valence-electron chi connectivity index (χ0n) is 14.3. The molecule has 26 heavy (non-hydrogen) atoms. The number of H-pyrrole nitrogens is 1. The van der Waals surface area contributed by atoms with Gasteiger partial charge in [0.25, 0.3) is 5.56 Å². The van der Waals surface area contributed by atoms with Crippen molar-refractivity contribution >= 4 is 10.9 Å². The highest BCUT2D eigenvalue weighted by Gasteiger charge is 2.34. The fourth-order valence-corrected chi connectivity index (χ4v) is 3.57. The summed E-state index contributed by atoms with van der Waals surface area (Å²) in [5.41, 5.74) is 0.149. The Labute approximate surface area is 150 Å². The predicted molar refractivity (Wildman–Crippen MR) is 97.2 cm³/mol. The van der Waals surface area contributed by atoms with Crippen molar-refractivity contribution in [1.29, 1.82) is 0 Å². The van der Waals surface area contributed by atoms with Crippen LogP contribution >= 0.6 is 0 Å². The third-order valence-electron chi connectivity index (χ3n) is 5.08. The minimum atomic E-state index is -1.01. The highest BCUT2D eigenvalue weighted by molar-refractivity contribution is 5.77. The van der Waals surface area contributed by atoms with Gasteiger partial charge in [-0.2, -0.15) is 0 Å². The Morgan fingerprint density at radius 1 is 1.15 bits per heavy atom. The molecule has 1 aromatic heterocycles. The number of hydrogen-bond donors (Lipinski definition) is 2. The topological polar surface area (TPSA) is 69.2 Å². The van der Waals surface area contributed by atoms with E-state index in [0.29, 0.717) is 54.8 Å². The van der Waals surface area contributed by atoms with E-state index in [1.165, 1.54) is 12.1 Å². The van der Waals surface area contributed by atoms with Gasteiger partial charge in [-0.1, -0.05) is 24.3 Å². The minimum absolute atomic E-state index is 0.140. The van der Waals surface area contributed by atoms with Gasteiger partial charge in [0.15, 0.2) is 0 Å². The fourth-order valence-electron chi connectivity index (χ4n) is 3.57. The summed E-state index contributed by atoms with van der Waals surface area (Å²) in [6.45, 7) is 1.80. The largest absolute Gasteiger partial charge is 0.385 e. The second-order valence-electron chi connectivity index (χ2n) is 6.85. The summed E-state index contributed by atoms with van der Waals surface area (Å²) in [5.74, 6) is 0.279. The summed E-state index contributed by atoms with van der Waals surface area (Å²) in [6, 6.07) is 13.4. The lowest BCUT2D eigenvalue weighted by Crippen LogP contribution is -2.42. The summed E-state index contributed by atoms with van der Waals surface area (Å²) >= 11 is 0. The normalized spacial score (nSPS) is 17.5. The number of hydrogen-bond acceptors (Lipinski definition) is 4. The highest BCUT2D eigenvalue weighted by Crippen LogP contribution is 2.33. The van der Waals surface area contributed by atoms with Crippen LogP contribution in [-0.2, 0) is 12.1 Å². The molecule has 3 aromatic rings. The molecule has 2 heterocycles. The molecule has 1 fully saturated rings. The number of rotatable bonds is 3. The minimum Gasteiger partial charge on any atom is -0.385 e. The second kappa shape index (κ2) is 6.63. The van der Waals surface area contributed by atoms with Gasteiger partial charge in [-0.25, -0.2) is 9.37 Å². The Morgan fingerprint density at radius 2 is 1.92 bits per heavy atom. The summed E-state index contributed by atoms with van der Waals surface area (Å²) in [7, 11) is 0.